The summed E-state index contributed by atoms with van der Waals surface area (Å²) >= 11 is 3.57. The summed E-state index contributed by atoms with van der Waals surface area (Å²) in [5.41, 5.74) is 5.94. The van der Waals surface area contributed by atoms with Crippen molar-refractivity contribution in [3.05, 3.63) is 0 Å². The molecule has 0 bridgehead atoms. The van der Waals surface area contributed by atoms with Crippen molar-refractivity contribution >= 4 is 51.4 Å². The first-order chi connectivity index (χ1) is 23.5. The number of aliphatic hydroxyl groups excluding tert-OH is 1. The number of β-amino-alcohol motifs (C(OH)–C–C–N with tert-alkyl or cyclic N) is 1. The summed E-state index contributed by atoms with van der Waals surface area (Å²) in [7, 11) is 1.51. The number of hydrogen-bond acceptors (Lipinski definition) is 10. The number of nitrogens with zero attached hydrogens (tertiary/aromatic N) is 4. The Balaban J connectivity index is 1.85. The van der Waals surface area contributed by atoms with E-state index >= 15 is 0 Å². The van der Waals surface area contributed by atoms with E-state index in [1.165, 1.54) is 26.9 Å². The Morgan fingerprint density at radius 1 is 0.860 bits per heavy atom. The van der Waals surface area contributed by atoms with Gasteiger partial charge in [-0.05, 0) is 43.4 Å². The highest BCUT2D eigenvalue weighted by Gasteiger charge is 2.49. The maximum absolute atomic E-state index is 14.5. The molecule has 4 fully saturated rings. The number of aliphatic hydroxyl groups is 1. The quantitative estimate of drug-likeness (QED) is 0.228. The molecule has 5 amide bonds. The van der Waals surface area contributed by atoms with E-state index < -0.39 is 89.8 Å². The number of fused-ring (bicyclic) bond motifs is 3. The molecule has 0 radical (unpaired) electrons. The van der Waals surface area contributed by atoms with E-state index in [9.17, 15) is 33.9 Å². The average molecular weight is 771 g/mol. The molecule has 0 aliphatic carbocycles. The van der Waals surface area contributed by atoms with Crippen molar-refractivity contribution < 1.29 is 38.6 Å². The van der Waals surface area contributed by atoms with Crippen molar-refractivity contribution in [2.45, 2.75) is 128 Å². The number of hydrazine groups is 2. The summed E-state index contributed by atoms with van der Waals surface area (Å²) in [6.45, 7) is 13.5. The molecule has 0 aromatic rings. The molecule has 4 rings (SSSR count). The summed E-state index contributed by atoms with van der Waals surface area (Å²) in [6, 6.07) is -5.30. The molecule has 0 spiro atoms. The number of cyclic esters (lactones) is 1. The Labute approximate surface area is 303 Å². The summed E-state index contributed by atoms with van der Waals surface area (Å²) in [5.74, 6) is -4.39. The van der Waals surface area contributed by atoms with Crippen LogP contribution in [-0.2, 0) is 33.5 Å². The number of nitrogens with one attached hydrogen (secondary N) is 3. The number of rotatable bonds is 5. The molecule has 4 saturated heterocycles. The monoisotopic (exact) mass is 769 g/mol. The largest absolute Gasteiger partial charge is 0.450 e. The molecule has 4 heterocycles. The number of likely N-dealkylation sites (N-methyl/N-ethyl adjacent to an activating group) is 1. The fourth-order valence-corrected chi connectivity index (χ4v) is 7.74. The molecule has 15 nitrogen and oxygen atoms in total. The minimum absolute atomic E-state index is 0.00835. The first-order valence-corrected chi connectivity index (χ1v) is 18.9. The van der Waals surface area contributed by atoms with E-state index in [0.29, 0.717) is 19.4 Å². The van der Waals surface area contributed by atoms with Crippen LogP contribution in [0.15, 0.2) is 0 Å². The summed E-state index contributed by atoms with van der Waals surface area (Å²) in [4.78, 5) is 88.1. The number of hydrogen-bond donors (Lipinski definition) is 4. The summed E-state index contributed by atoms with van der Waals surface area (Å²) < 4.78 is 5.95. The van der Waals surface area contributed by atoms with Gasteiger partial charge in [-0.25, -0.2) is 15.6 Å². The van der Waals surface area contributed by atoms with Crippen LogP contribution in [0.5, 0.6) is 0 Å². The first kappa shape index (κ1) is 40.0. The van der Waals surface area contributed by atoms with Gasteiger partial charge in [-0.1, -0.05) is 64.4 Å². The lowest BCUT2D eigenvalue weighted by molar-refractivity contribution is -0.175. The van der Waals surface area contributed by atoms with E-state index in [-0.39, 0.29) is 49.0 Å². The smallest absolute Gasteiger partial charge is 0.329 e. The molecule has 50 heavy (non-hydrogen) atoms. The topological polar surface area (TPSA) is 181 Å². The number of amides is 5. The van der Waals surface area contributed by atoms with Crippen molar-refractivity contribution in [2.75, 3.05) is 26.7 Å². The fraction of sp³-hybridized carbons (Fsp3) is 0.824. The highest BCUT2D eigenvalue weighted by atomic mass is 79.9. The number of carbonyl (C=O) groups excluding carboxylic acids is 6. The van der Waals surface area contributed by atoms with Gasteiger partial charge in [-0.2, -0.15) is 0 Å². The predicted octanol–water partition coefficient (Wildman–Crippen LogP) is 0.544. The van der Waals surface area contributed by atoms with Gasteiger partial charge in [0.05, 0.1) is 6.10 Å². The van der Waals surface area contributed by atoms with Crippen LogP contribution >= 0.6 is 15.9 Å². The maximum atomic E-state index is 14.5. The van der Waals surface area contributed by atoms with Crippen LogP contribution in [0.3, 0.4) is 0 Å². The van der Waals surface area contributed by atoms with Crippen molar-refractivity contribution in [1.29, 1.82) is 0 Å². The van der Waals surface area contributed by atoms with Gasteiger partial charge >= 0.3 is 5.97 Å². The van der Waals surface area contributed by atoms with E-state index in [1.54, 1.807) is 20.8 Å². The van der Waals surface area contributed by atoms with E-state index in [4.69, 9.17) is 4.74 Å². The van der Waals surface area contributed by atoms with Crippen LogP contribution in [0, 0.1) is 23.7 Å². The van der Waals surface area contributed by atoms with Gasteiger partial charge in [0, 0.05) is 43.8 Å². The van der Waals surface area contributed by atoms with Crippen molar-refractivity contribution in [3.8, 4) is 0 Å². The number of esters is 1. The standard InChI is InChI=1S/C34H56BrN7O8/c1-9-20(7)28-33(48)42-25(12-21(35)14-36-42)32(47)41-26(13-22(43)15-37-41)30(45)39(8)24(10-17(2)3)31(46)40-16-19(6)11-23(40)29(44)38-27(18(4)5)34(49)50-28/h17-28,36-37,43H,9-16H2,1-8H3,(H,38,44)/t19-,20+,21+,22+,23+,24-,25-,26+,27-,28+/m1/s1. The average Bonchev–Trinajstić information content (AvgIpc) is 3.47. The van der Waals surface area contributed by atoms with Gasteiger partial charge in [-0.15, -0.1) is 0 Å². The van der Waals surface area contributed by atoms with Gasteiger partial charge in [-0.3, -0.25) is 34.0 Å². The van der Waals surface area contributed by atoms with Gasteiger partial charge in [0.1, 0.15) is 30.2 Å². The third kappa shape index (κ3) is 8.61. The van der Waals surface area contributed by atoms with Gasteiger partial charge < -0.3 is 25.0 Å². The van der Waals surface area contributed by atoms with Crippen LogP contribution in [0.4, 0.5) is 0 Å². The van der Waals surface area contributed by atoms with Crippen LogP contribution in [0.25, 0.3) is 0 Å². The Kier molecular flexibility index (Phi) is 13.3. The highest BCUT2D eigenvalue weighted by Crippen LogP contribution is 2.29. The third-order valence-electron chi connectivity index (χ3n) is 10.4. The Morgan fingerprint density at radius 3 is 2.10 bits per heavy atom. The number of carbonyl (C=O) groups is 6. The zero-order valence-electron chi connectivity index (χ0n) is 30.6. The van der Waals surface area contributed by atoms with Crippen molar-refractivity contribution in [3.63, 3.8) is 0 Å². The number of halogens is 1. The second-order valence-corrected chi connectivity index (χ2v) is 16.6. The SMILES string of the molecule is CC[C@H](C)[C@@H]1OC(=O)[C@@H](C(C)C)NC(=O)[C@@H]2C[C@@H](C)CN2C(=O)[C@@H](CC(C)C)N(C)C(=O)[C@@H]2C[C@H](O)CNN2C(=O)[C@H]2C[C@H](Br)CNN2C1=O. The molecule has 4 aliphatic heterocycles. The van der Waals surface area contributed by atoms with Crippen molar-refractivity contribution in [2.24, 2.45) is 23.7 Å². The molecule has 0 aromatic carbocycles. The van der Waals surface area contributed by atoms with Crippen molar-refractivity contribution in [1.82, 2.24) is 36.0 Å². The van der Waals surface area contributed by atoms with E-state index in [0.717, 1.165) is 0 Å². The third-order valence-corrected chi connectivity index (χ3v) is 11.1. The molecular formula is C34H56BrN7O8. The molecule has 16 heteroatoms. The van der Waals surface area contributed by atoms with E-state index in [2.05, 4.69) is 32.1 Å². The van der Waals surface area contributed by atoms with Crippen LogP contribution < -0.4 is 16.2 Å². The van der Waals surface area contributed by atoms with E-state index in [1.807, 2.05) is 27.7 Å². The molecule has 0 aromatic heterocycles. The number of ether oxygens (including phenoxy) is 1. The Bertz CT molecular complexity index is 1300. The number of alkyl halides is 1. The molecule has 4 aliphatic rings. The Hall–Kier alpha value is -2.82. The Morgan fingerprint density at radius 2 is 1.48 bits per heavy atom. The maximum Gasteiger partial charge on any atom is 0.329 e. The zero-order chi connectivity index (χ0) is 37.2. The van der Waals surface area contributed by atoms with Crippen LogP contribution in [0.2, 0.25) is 0 Å². The van der Waals surface area contributed by atoms with Gasteiger partial charge in [0.2, 0.25) is 17.7 Å². The normalized spacial score (nSPS) is 34.6. The summed E-state index contributed by atoms with van der Waals surface area (Å²) in [6.07, 6.45) is -1.04. The minimum atomic E-state index is -1.29. The fourth-order valence-electron chi connectivity index (χ4n) is 7.24. The molecule has 0 saturated carbocycles. The lowest BCUT2D eigenvalue weighted by Crippen LogP contribution is -2.70. The van der Waals surface area contributed by atoms with Crippen LogP contribution in [-0.4, -0.2) is 134 Å². The molecular weight excluding hydrogens is 714 g/mol. The highest BCUT2D eigenvalue weighted by molar-refractivity contribution is 9.09. The second kappa shape index (κ2) is 16.7. The minimum Gasteiger partial charge on any atom is -0.450 e. The molecule has 10 atom stereocenters. The van der Waals surface area contributed by atoms with Crippen LogP contribution in [0.1, 0.15) is 80.6 Å². The molecule has 0 unspecified atom stereocenters. The summed E-state index contributed by atoms with van der Waals surface area (Å²) in [5, 5.41) is 15.9. The first-order valence-electron chi connectivity index (χ1n) is 18.0. The lowest BCUT2D eigenvalue weighted by atomic mass is 9.96. The van der Waals surface area contributed by atoms with Gasteiger partial charge in [0.25, 0.3) is 11.8 Å². The lowest BCUT2D eigenvalue weighted by Gasteiger charge is -2.45. The van der Waals surface area contributed by atoms with Gasteiger partial charge in [0.15, 0.2) is 6.10 Å². The zero-order valence-corrected chi connectivity index (χ0v) is 32.1. The molecule has 4 N–H and O–H groups in total. The molecule has 282 valence electrons. The second-order valence-electron chi connectivity index (χ2n) is 15.3. The predicted molar refractivity (Wildman–Crippen MR) is 187 cm³/mol.